The minimum absolute atomic E-state index is 0.0990. The average Bonchev–Trinajstić information content (AvgIpc) is 3.32. The summed E-state index contributed by atoms with van der Waals surface area (Å²) in [7, 11) is 0. The van der Waals surface area contributed by atoms with E-state index in [9.17, 15) is 0 Å². The molecule has 0 amide bonds. The third-order valence-electron chi connectivity index (χ3n) is 5.81. The fourth-order valence-corrected chi connectivity index (χ4v) is 6.05. The number of aromatic nitrogens is 4. The van der Waals surface area contributed by atoms with Gasteiger partial charge in [-0.1, -0.05) is 52.3 Å². The van der Waals surface area contributed by atoms with Gasteiger partial charge in [-0.25, -0.2) is 15.0 Å². The topological polar surface area (TPSA) is 43.1 Å². The molecule has 0 aliphatic heterocycles. The largest absolute Gasteiger partial charge is 0.287 e. The van der Waals surface area contributed by atoms with Gasteiger partial charge in [-0.15, -0.1) is 11.3 Å². The van der Waals surface area contributed by atoms with Crippen molar-refractivity contribution in [3.63, 3.8) is 0 Å². The zero-order chi connectivity index (χ0) is 23.4. The standard InChI is InChI=1S/C25H26N4S.C2H6/c1-13-8-14(2)19(15(3)9-13)18-10-17-21-20(22(25(5,6)7)28-12-27-21)23-26-11-16(4)29(23)24(17)30-18;1-2/h8-12H,1-7H3;1-2H3. The van der Waals surface area contributed by atoms with E-state index in [1.54, 1.807) is 6.33 Å². The molecule has 4 aromatic heterocycles. The Kier molecular flexibility index (Phi) is 5.58. The first-order valence-electron chi connectivity index (χ1n) is 11.3. The lowest BCUT2D eigenvalue weighted by molar-refractivity contribution is 0.574. The first-order valence-corrected chi connectivity index (χ1v) is 12.1. The second kappa shape index (κ2) is 7.96. The van der Waals surface area contributed by atoms with Gasteiger partial charge in [0.25, 0.3) is 0 Å². The molecule has 0 unspecified atom stereocenters. The molecular formula is C27H32N4S. The van der Waals surface area contributed by atoms with Crippen LogP contribution >= 0.6 is 11.3 Å². The summed E-state index contributed by atoms with van der Waals surface area (Å²) in [6, 6.07) is 6.84. The second-order valence-corrected chi connectivity index (χ2v) is 10.4. The monoisotopic (exact) mass is 444 g/mol. The SMILES string of the molecule is CC.Cc1cc(C)c(-c2cc3c4ncnc(C(C)(C)C)c4c4ncc(C)n4c3s2)c(C)c1. The predicted molar refractivity (Wildman–Crippen MR) is 138 cm³/mol. The summed E-state index contributed by atoms with van der Waals surface area (Å²) < 4.78 is 2.28. The van der Waals surface area contributed by atoms with Crippen molar-refractivity contribution in [2.75, 3.05) is 0 Å². The highest BCUT2D eigenvalue weighted by atomic mass is 32.1. The molecule has 0 saturated heterocycles. The minimum Gasteiger partial charge on any atom is -0.287 e. The molecule has 0 aliphatic carbocycles. The Balaban J connectivity index is 0.00000119. The lowest BCUT2D eigenvalue weighted by Crippen LogP contribution is -2.15. The molecule has 0 fully saturated rings. The van der Waals surface area contributed by atoms with E-state index in [0.717, 1.165) is 27.9 Å². The van der Waals surface area contributed by atoms with Gasteiger partial charge in [-0.3, -0.25) is 4.40 Å². The molecule has 0 saturated carbocycles. The van der Waals surface area contributed by atoms with Crippen LogP contribution in [-0.4, -0.2) is 19.4 Å². The number of fused-ring (bicyclic) bond motifs is 6. The van der Waals surface area contributed by atoms with Crippen molar-refractivity contribution in [2.24, 2.45) is 0 Å². The van der Waals surface area contributed by atoms with Crippen LogP contribution in [0.2, 0.25) is 0 Å². The number of aryl methyl sites for hydroxylation is 4. The Morgan fingerprint density at radius 3 is 2.16 bits per heavy atom. The van der Waals surface area contributed by atoms with Crippen molar-refractivity contribution in [1.82, 2.24) is 19.4 Å². The van der Waals surface area contributed by atoms with E-state index in [0.29, 0.717) is 0 Å². The molecular weight excluding hydrogens is 412 g/mol. The van der Waals surface area contributed by atoms with Gasteiger partial charge in [-0.2, -0.15) is 0 Å². The number of hydrogen-bond donors (Lipinski definition) is 0. The highest BCUT2D eigenvalue weighted by molar-refractivity contribution is 7.22. The van der Waals surface area contributed by atoms with Gasteiger partial charge < -0.3 is 0 Å². The van der Waals surface area contributed by atoms with E-state index in [-0.39, 0.29) is 5.41 Å². The zero-order valence-corrected chi connectivity index (χ0v) is 21.4. The van der Waals surface area contributed by atoms with Crippen LogP contribution in [0.5, 0.6) is 0 Å². The van der Waals surface area contributed by atoms with Crippen molar-refractivity contribution in [3.8, 4) is 10.4 Å². The molecule has 1 aromatic carbocycles. The molecule has 5 rings (SSSR count). The Labute approximate surface area is 194 Å². The maximum absolute atomic E-state index is 4.79. The van der Waals surface area contributed by atoms with E-state index in [2.05, 4.69) is 76.0 Å². The second-order valence-electron chi connectivity index (χ2n) is 9.36. The maximum atomic E-state index is 4.79. The van der Waals surface area contributed by atoms with E-state index in [4.69, 9.17) is 9.97 Å². The molecule has 5 heteroatoms. The molecule has 4 nitrogen and oxygen atoms in total. The van der Waals surface area contributed by atoms with Crippen molar-refractivity contribution in [3.05, 3.63) is 58.8 Å². The minimum atomic E-state index is -0.0990. The summed E-state index contributed by atoms with van der Waals surface area (Å²) in [6.45, 7) is 19.3. The van der Waals surface area contributed by atoms with Crippen molar-refractivity contribution < 1.29 is 0 Å². The molecule has 5 aromatic rings. The van der Waals surface area contributed by atoms with E-state index < -0.39 is 0 Å². The molecule has 0 spiro atoms. The van der Waals surface area contributed by atoms with Crippen molar-refractivity contribution in [1.29, 1.82) is 0 Å². The Bertz CT molecular complexity index is 1440. The van der Waals surface area contributed by atoms with Crippen molar-refractivity contribution in [2.45, 2.75) is 67.7 Å². The van der Waals surface area contributed by atoms with E-state index >= 15 is 0 Å². The molecule has 0 radical (unpaired) electrons. The lowest BCUT2D eigenvalue weighted by Gasteiger charge is -2.20. The third-order valence-corrected chi connectivity index (χ3v) is 6.95. The van der Waals surface area contributed by atoms with Crippen LogP contribution in [0, 0.1) is 27.7 Å². The predicted octanol–water partition coefficient (Wildman–Crippen LogP) is 7.72. The van der Waals surface area contributed by atoms with Crippen LogP contribution in [0.3, 0.4) is 0 Å². The zero-order valence-electron chi connectivity index (χ0n) is 20.6. The summed E-state index contributed by atoms with van der Waals surface area (Å²) in [4.78, 5) is 16.7. The van der Waals surface area contributed by atoms with Crippen LogP contribution < -0.4 is 0 Å². The third kappa shape index (κ3) is 3.39. The van der Waals surface area contributed by atoms with Crippen LogP contribution in [0.25, 0.3) is 37.2 Å². The number of hydrogen-bond acceptors (Lipinski definition) is 4. The normalized spacial score (nSPS) is 11.9. The number of pyridine rings is 1. The summed E-state index contributed by atoms with van der Waals surface area (Å²) >= 11 is 1.82. The Morgan fingerprint density at radius 2 is 1.53 bits per heavy atom. The van der Waals surface area contributed by atoms with Gasteiger partial charge >= 0.3 is 0 Å². The van der Waals surface area contributed by atoms with E-state index in [1.165, 1.54) is 37.3 Å². The van der Waals surface area contributed by atoms with Crippen LogP contribution in [0.1, 0.15) is 62.7 Å². The molecule has 166 valence electrons. The highest BCUT2D eigenvalue weighted by Gasteiger charge is 2.25. The maximum Gasteiger partial charge on any atom is 0.149 e. The van der Waals surface area contributed by atoms with Gasteiger partial charge in [-0.05, 0) is 50.5 Å². The summed E-state index contributed by atoms with van der Waals surface area (Å²) in [5.74, 6) is 0. The number of thiophene rings is 1. The summed E-state index contributed by atoms with van der Waals surface area (Å²) in [5.41, 5.74) is 9.27. The Hall–Kier alpha value is -2.79. The molecule has 32 heavy (non-hydrogen) atoms. The fourth-order valence-electron chi connectivity index (χ4n) is 4.65. The smallest absolute Gasteiger partial charge is 0.149 e. The Morgan fingerprint density at radius 1 is 0.875 bits per heavy atom. The quantitative estimate of drug-likeness (QED) is 0.266. The van der Waals surface area contributed by atoms with Gasteiger partial charge in [0.05, 0.1) is 16.6 Å². The first-order chi connectivity index (χ1) is 15.2. The molecule has 0 N–H and O–H groups in total. The fraction of sp³-hybridized carbons (Fsp3) is 0.370. The van der Waals surface area contributed by atoms with Gasteiger partial charge in [0, 0.05) is 27.6 Å². The lowest BCUT2D eigenvalue weighted by atomic mass is 9.89. The van der Waals surface area contributed by atoms with Crippen LogP contribution in [0.15, 0.2) is 30.7 Å². The molecule has 4 heterocycles. The highest BCUT2D eigenvalue weighted by Crippen LogP contribution is 2.42. The van der Waals surface area contributed by atoms with Gasteiger partial charge in [0.2, 0.25) is 0 Å². The molecule has 0 atom stereocenters. The summed E-state index contributed by atoms with van der Waals surface area (Å²) in [5, 5.41) is 2.23. The van der Waals surface area contributed by atoms with Crippen molar-refractivity contribution >= 4 is 38.1 Å². The van der Waals surface area contributed by atoms with E-state index in [1.807, 2.05) is 31.4 Å². The number of imidazole rings is 1. The van der Waals surface area contributed by atoms with Crippen LogP contribution in [0.4, 0.5) is 0 Å². The summed E-state index contributed by atoms with van der Waals surface area (Å²) in [6.07, 6.45) is 3.66. The molecule has 0 bridgehead atoms. The number of benzene rings is 1. The molecule has 0 aliphatic rings. The van der Waals surface area contributed by atoms with Gasteiger partial charge in [0.1, 0.15) is 16.8 Å². The first kappa shape index (κ1) is 22.4. The average molecular weight is 445 g/mol. The van der Waals surface area contributed by atoms with Crippen LogP contribution in [-0.2, 0) is 5.41 Å². The number of nitrogens with zero attached hydrogens (tertiary/aromatic N) is 4. The van der Waals surface area contributed by atoms with Gasteiger partial charge in [0.15, 0.2) is 0 Å². The number of rotatable bonds is 1.